The molecule has 0 amide bonds. The second-order valence-electron chi connectivity index (χ2n) is 6.13. The fraction of sp³-hybridized carbons (Fsp3) is 0.100. The van der Waals surface area contributed by atoms with Crippen molar-refractivity contribution in [2.45, 2.75) is 13.8 Å². The van der Waals surface area contributed by atoms with Gasteiger partial charge in [-0.3, -0.25) is 4.79 Å². The van der Waals surface area contributed by atoms with Gasteiger partial charge in [0.1, 0.15) is 5.58 Å². The molecule has 6 heteroatoms. The van der Waals surface area contributed by atoms with E-state index in [1.54, 1.807) is 24.3 Å². The van der Waals surface area contributed by atoms with E-state index in [1.807, 2.05) is 32.0 Å². The summed E-state index contributed by atoms with van der Waals surface area (Å²) in [4.78, 5) is 24.9. The van der Waals surface area contributed by atoms with Crippen molar-refractivity contribution in [3.05, 3.63) is 80.4 Å². The number of rotatable bonds is 0. The van der Waals surface area contributed by atoms with E-state index < -0.39 is 0 Å². The molecule has 0 spiro atoms. The third-order valence-corrected chi connectivity index (χ3v) is 4.05. The summed E-state index contributed by atoms with van der Waals surface area (Å²) in [6, 6.07) is 13.9. The van der Waals surface area contributed by atoms with Gasteiger partial charge in [-0.15, -0.1) is 0 Å². The number of aryl methyl sites for hydroxylation is 2. The van der Waals surface area contributed by atoms with Crippen molar-refractivity contribution in [2.75, 3.05) is 11.5 Å². The number of fused-ring (bicyclic) bond motifs is 2. The van der Waals surface area contributed by atoms with E-state index >= 15 is 0 Å². The molecule has 0 aliphatic rings. The van der Waals surface area contributed by atoms with E-state index in [0.717, 1.165) is 27.4 Å². The number of nitrogens with two attached hydrogens (primary N) is 2. The lowest BCUT2D eigenvalue weighted by molar-refractivity contribution is 0.560. The van der Waals surface area contributed by atoms with Crippen molar-refractivity contribution >= 4 is 33.2 Å². The maximum atomic E-state index is 11.1. The van der Waals surface area contributed by atoms with Gasteiger partial charge in [0.2, 0.25) is 5.56 Å². The zero-order valence-electron chi connectivity index (χ0n) is 14.5. The maximum absolute atomic E-state index is 11.1. The number of hydrogen-bond acceptors (Lipinski definition) is 5. The molecule has 5 N–H and O–H groups in total. The van der Waals surface area contributed by atoms with Gasteiger partial charge in [0, 0.05) is 40.3 Å². The van der Waals surface area contributed by atoms with E-state index in [-0.39, 0.29) is 11.2 Å². The Morgan fingerprint density at radius 3 is 2.15 bits per heavy atom. The molecule has 0 aliphatic carbocycles. The first-order chi connectivity index (χ1) is 12.3. The van der Waals surface area contributed by atoms with Crippen molar-refractivity contribution in [3.63, 3.8) is 0 Å². The number of hydrogen-bond donors (Lipinski definition) is 3. The first-order valence-electron chi connectivity index (χ1n) is 8.02. The van der Waals surface area contributed by atoms with Crippen LogP contribution in [0.1, 0.15) is 11.1 Å². The van der Waals surface area contributed by atoms with Crippen LogP contribution in [-0.2, 0) is 0 Å². The highest BCUT2D eigenvalue weighted by Gasteiger charge is 2.01. The van der Waals surface area contributed by atoms with Crippen molar-refractivity contribution in [2.24, 2.45) is 0 Å². The molecular formula is C20H19N3O3. The van der Waals surface area contributed by atoms with Crippen molar-refractivity contribution < 1.29 is 4.42 Å². The van der Waals surface area contributed by atoms with E-state index in [9.17, 15) is 9.59 Å². The molecule has 0 saturated carbocycles. The Bertz CT molecular complexity index is 1130. The van der Waals surface area contributed by atoms with E-state index in [1.165, 1.54) is 6.07 Å². The SMILES string of the molecule is Cc1cc(=O)[nH]c2cc(N)ccc12.Cc1cc(=O)oc2cc(N)ccc12. The molecule has 26 heavy (non-hydrogen) atoms. The Labute approximate surface area is 149 Å². The summed E-state index contributed by atoms with van der Waals surface area (Å²) in [6.45, 7) is 3.78. The molecule has 0 bridgehead atoms. The van der Waals surface area contributed by atoms with Gasteiger partial charge in [0.25, 0.3) is 0 Å². The molecular weight excluding hydrogens is 330 g/mol. The fourth-order valence-electron chi connectivity index (χ4n) is 2.79. The second-order valence-corrected chi connectivity index (χ2v) is 6.13. The highest BCUT2D eigenvalue weighted by Crippen LogP contribution is 2.18. The van der Waals surface area contributed by atoms with Crippen LogP contribution in [0.25, 0.3) is 21.9 Å². The molecule has 6 nitrogen and oxygen atoms in total. The van der Waals surface area contributed by atoms with Crippen molar-refractivity contribution in [1.29, 1.82) is 0 Å². The quantitative estimate of drug-likeness (QED) is 0.333. The number of benzene rings is 2. The lowest BCUT2D eigenvalue weighted by Crippen LogP contribution is -2.04. The van der Waals surface area contributed by atoms with Gasteiger partial charge < -0.3 is 20.9 Å². The predicted molar refractivity (Wildman–Crippen MR) is 105 cm³/mol. The summed E-state index contributed by atoms with van der Waals surface area (Å²) in [5.74, 6) is 0. The molecule has 4 aromatic rings. The minimum Gasteiger partial charge on any atom is -0.423 e. The topological polar surface area (TPSA) is 115 Å². The van der Waals surface area contributed by atoms with Crippen molar-refractivity contribution in [1.82, 2.24) is 4.98 Å². The van der Waals surface area contributed by atoms with Crippen LogP contribution in [0.3, 0.4) is 0 Å². The number of nitrogen functional groups attached to an aromatic ring is 2. The summed E-state index contributed by atoms with van der Waals surface area (Å²) in [7, 11) is 0. The third-order valence-electron chi connectivity index (χ3n) is 4.05. The number of pyridine rings is 1. The summed E-state index contributed by atoms with van der Waals surface area (Å²) >= 11 is 0. The minimum absolute atomic E-state index is 0.0874. The lowest BCUT2D eigenvalue weighted by atomic mass is 10.1. The molecule has 4 rings (SSSR count). The zero-order valence-corrected chi connectivity index (χ0v) is 14.5. The standard InChI is InChI=1S/C10H10N2O.C10H9NO2/c1-6-4-10(13)12-9-5-7(11)2-3-8(6)9;1-6-4-10(12)13-9-5-7(11)2-3-8(6)9/h2-5H,11H2,1H3,(H,12,13);2-5H,11H2,1H3. The third kappa shape index (κ3) is 3.59. The summed E-state index contributed by atoms with van der Waals surface area (Å²) < 4.78 is 4.99. The molecule has 0 radical (unpaired) electrons. The molecule has 0 unspecified atom stereocenters. The van der Waals surface area contributed by atoms with Gasteiger partial charge in [-0.1, -0.05) is 6.07 Å². The molecule has 0 saturated heterocycles. The van der Waals surface area contributed by atoms with Crippen LogP contribution < -0.4 is 22.7 Å². The summed E-state index contributed by atoms with van der Waals surface area (Å²) in [6.07, 6.45) is 0. The fourth-order valence-corrected chi connectivity index (χ4v) is 2.79. The number of anilines is 2. The summed E-state index contributed by atoms with van der Waals surface area (Å²) in [5, 5.41) is 1.96. The van der Waals surface area contributed by atoms with Crippen LogP contribution in [0, 0.1) is 13.8 Å². The van der Waals surface area contributed by atoms with Crippen molar-refractivity contribution in [3.8, 4) is 0 Å². The lowest BCUT2D eigenvalue weighted by Gasteiger charge is -2.01. The van der Waals surface area contributed by atoms with Gasteiger partial charge in [-0.2, -0.15) is 0 Å². The molecule has 0 aliphatic heterocycles. The monoisotopic (exact) mass is 349 g/mol. The average molecular weight is 349 g/mol. The van der Waals surface area contributed by atoms with Crippen LogP contribution >= 0.6 is 0 Å². The van der Waals surface area contributed by atoms with E-state index in [2.05, 4.69) is 4.98 Å². The highest BCUT2D eigenvalue weighted by atomic mass is 16.4. The second kappa shape index (κ2) is 6.76. The highest BCUT2D eigenvalue weighted by molar-refractivity contribution is 5.84. The van der Waals surface area contributed by atoms with Crippen LogP contribution in [0.2, 0.25) is 0 Å². The Kier molecular flexibility index (Phi) is 4.49. The minimum atomic E-state index is -0.337. The molecule has 2 heterocycles. The number of H-pyrrole nitrogens is 1. The van der Waals surface area contributed by atoms with Gasteiger partial charge in [0.15, 0.2) is 0 Å². The normalized spacial score (nSPS) is 10.5. The Balaban J connectivity index is 0.000000151. The van der Waals surface area contributed by atoms with E-state index in [0.29, 0.717) is 17.0 Å². The average Bonchev–Trinajstić information content (AvgIpc) is 2.54. The number of nitrogens with one attached hydrogen (secondary N) is 1. The molecule has 2 aromatic heterocycles. The first kappa shape index (κ1) is 17.3. The zero-order chi connectivity index (χ0) is 18.8. The van der Waals surface area contributed by atoms with Crippen LogP contribution in [0.4, 0.5) is 11.4 Å². The number of aromatic amines is 1. The van der Waals surface area contributed by atoms with Gasteiger partial charge >= 0.3 is 5.63 Å². The molecule has 2 aromatic carbocycles. The number of aromatic nitrogens is 1. The maximum Gasteiger partial charge on any atom is 0.336 e. The largest absolute Gasteiger partial charge is 0.423 e. The predicted octanol–water partition coefficient (Wildman–Crippen LogP) is 3.10. The Hall–Kier alpha value is -3.54. The van der Waals surface area contributed by atoms with Gasteiger partial charge in [-0.05, 0) is 49.2 Å². The smallest absolute Gasteiger partial charge is 0.336 e. The van der Waals surface area contributed by atoms with E-state index in [4.69, 9.17) is 15.9 Å². The molecule has 132 valence electrons. The van der Waals surface area contributed by atoms with Crippen LogP contribution in [0.5, 0.6) is 0 Å². The molecule has 0 atom stereocenters. The van der Waals surface area contributed by atoms with Crippen LogP contribution in [-0.4, -0.2) is 4.98 Å². The van der Waals surface area contributed by atoms with Gasteiger partial charge in [-0.25, -0.2) is 4.79 Å². The first-order valence-corrected chi connectivity index (χ1v) is 8.02. The van der Waals surface area contributed by atoms with Crippen LogP contribution in [0.15, 0.2) is 62.5 Å². The summed E-state index contributed by atoms with van der Waals surface area (Å²) in [5.41, 5.74) is 15.2. The Morgan fingerprint density at radius 2 is 1.42 bits per heavy atom. The van der Waals surface area contributed by atoms with Gasteiger partial charge in [0.05, 0.1) is 5.52 Å². The Morgan fingerprint density at radius 1 is 0.808 bits per heavy atom. The molecule has 0 fully saturated rings.